The maximum absolute atomic E-state index is 12.4. The third-order valence-electron chi connectivity index (χ3n) is 6.59. The standard InChI is InChI=1S/C23H35NO3/c1-7-22(6,26)19-15-23(18-9-8-16(2)14-17(18)19)10-12-24(13-11-23)20(25)27-21(3,4)5/h8-9,14,19,26H,7,10-13,15H2,1-6H3. The number of hydrogen-bond donors (Lipinski definition) is 1. The predicted octanol–water partition coefficient (Wildman–Crippen LogP) is 4.91. The zero-order valence-electron chi connectivity index (χ0n) is 17.8. The molecule has 1 aromatic rings. The number of amides is 1. The Labute approximate surface area is 163 Å². The van der Waals surface area contributed by atoms with Crippen LogP contribution < -0.4 is 0 Å². The van der Waals surface area contributed by atoms with Gasteiger partial charge in [0.1, 0.15) is 5.60 Å². The Kier molecular flexibility index (Phi) is 5.09. The topological polar surface area (TPSA) is 49.8 Å². The molecule has 2 atom stereocenters. The number of likely N-dealkylation sites (tertiary alicyclic amines) is 1. The quantitative estimate of drug-likeness (QED) is 0.801. The summed E-state index contributed by atoms with van der Waals surface area (Å²) in [6, 6.07) is 6.71. The van der Waals surface area contributed by atoms with Crippen molar-refractivity contribution in [1.29, 1.82) is 0 Å². The molecule has 1 saturated heterocycles. The van der Waals surface area contributed by atoms with Gasteiger partial charge in [0.05, 0.1) is 5.60 Å². The Morgan fingerprint density at radius 2 is 1.89 bits per heavy atom. The van der Waals surface area contributed by atoms with Crippen LogP contribution in [0.3, 0.4) is 0 Å². The smallest absolute Gasteiger partial charge is 0.410 e. The normalized spacial score (nSPS) is 23.8. The second-order valence-corrected chi connectivity index (χ2v) is 9.81. The zero-order valence-corrected chi connectivity index (χ0v) is 17.8. The summed E-state index contributed by atoms with van der Waals surface area (Å²) in [6.07, 6.45) is 3.36. The summed E-state index contributed by atoms with van der Waals surface area (Å²) in [5, 5.41) is 11.1. The van der Waals surface area contributed by atoms with Gasteiger partial charge < -0.3 is 14.7 Å². The summed E-state index contributed by atoms with van der Waals surface area (Å²) >= 11 is 0. The molecule has 1 fully saturated rings. The van der Waals surface area contributed by atoms with Crippen molar-refractivity contribution in [2.75, 3.05) is 13.1 Å². The van der Waals surface area contributed by atoms with Crippen LogP contribution in [0.1, 0.15) is 82.9 Å². The highest BCUT2D eigenvalue weighted by atomic mass is 16.6. The molecule has 1 spiro atoms. The molecule has 0 bridgehead atoms. The summed E-state index contributed by atoms with van der Waals surface area (Å²) in [5.41, 5.74) is 2.84. The lowest BCUT2D eigenvalue weighted by molar-refractivity contribution is 0.00674. The van der Waals surface area contributed by atoms with E-state index in [1.807, 2.05) is 32.6 Å². The first-order valence-electron chi connectivity index (χ1n) is 10.3. The number of fused-ring (bicyclic) bond motifs is 2. The third-order valence-corrected chi connectivity index (χ3v) is 6.59. The lowest BCUT2D eigenvalue weighted by Gasteiger charge is -2.41. The van der Waals surface area contributed by atoms with Gasteiger partial charge in [-0.2, -0.15) is 0 Å². The van der Waals surface area contributed by atoms with Gasteiger partial charge in [-0.1, -0.05) is 30.7 Å². The lowest BCUT2D eigenvalue weighted by Crippen LogP contribution is -2.46. The minimum atomic E-state index is -0.700. The lowest BCUT2D eigenvalue weighted by atomic mass is 9.72. The fourth-order valence-electron chi connectivity index (χ4n) is 4.78. The van der Waals surface area contributed by atoms with Crippen LogP contribution in [0, 0.1) is 6.92 Å². The molecule has 4 nitrogen and oxygen atoms in total. The molecule has 1 aliphatic heterocycles. The number of ether oxygens (including phenoxy) is 1. The average molecular weight is 374 g/mol. The van der Waals surface area contributed by atoms with Crippen molar-refractivity contribution in [3.8, 4) is 0 Å². The van der Waals surface area contributed by atoms with Crippen LogP contribution in [0.5, 0.6) is 0 Å². The van der Waals surface area contributed by atoms with Crippen molar-refractivity contribution in [2.24, 2.45) is 0 Å². The van der Waals surface area contributed by atoms with Crippen molar-refractivity contribution >= 4 is 6.09 Å². The number of carbonyl (C=O) groups excluding carboxylic acids is 1. The Morgan fingerprint density at radius 1 is 1.26 bits per heavy atom. The van der Waals surface area contributed by atoms with E-state index in [-0.39, 0.29) is 17.4 Å². The van der Waals surface area contributed by atoms with Gasteiger partial charge in [0.15, 0.2) is 0 Å². The van der Waals surface area contributed by atoms with Crippen LogP contribution >= 0.6 is 0 Å². The fraction of sp³-hybridized carbons (Fsp3) is 0.696. The maximum Gasteiger partial charge on any atom is 0.410 e. The highest BCUT2D eigenvalue weighted by Gasteiger charge is 2.50. The molecule has 0 radical (unpaired) electrons. The van der Waals surface area contributed by atoms with Gasteiger partial charge in [-0.05, 0) is 76.8 Å². The molecule has 1 amide bonds. The van der Waals surface area contributed by atoms with Gasteiger partial charge in [0.25, 0.3) is 0 Å². The van der Waals surface area contributed by atoms with Gasteiger partial charge in [-0.3, -0.25) is 0 Å². The van der Waals surface area contributed by atoms with Crippen LogP contribution in [0.4, 0.5) is 4.79 Å². The first kappa shape index (κ1) is 20.2. The van der Waals surface area contributed by atoms with Crippen LogP contribution in [-0.2, 0) is 10.2 Å². The molecule has 150 valence electrons. The van der Waals surface area contributed by atoms with E-state index in [0.717, 1.165) is 25.7 Å². The third kappa shape index (κ3) is 3.87. The average Bonchev–Trinajstić information content (AvgIpc) is 2.88. The molecule has 27 heavy (non-hydrogen) atoms. The molecule has 3 rings (SSSR count). The predicted molar refractivity (Wildman–Crippen MR) is 108 cm³/mol. The number of aliphatic hydroxyl groups is 1. The monoisotopic (exact) mass is 373 g/mol. The minimum Gasteiger partial charge on any atom is -0.444 e. The Bertz CT molecular complexity index is 709. The van der Waals surface area contributed by atoms with Crippen molar-refractivity contribution < 1.29 is 14.6 Å². The number of carbonyl (C=O) groups is 1. The summed E-state index contributed by atoms with van der Waals surface area (Å²) < 4.78 is 5.55. The van der Waals surface area contributed by atoms with Crippen LogP contribution in [-0.4, -0.2) is 40.4 Å². The summed E-state index contributed by atoms with van der Waals surface area (Å²) in [6.45, 7) is 13.3. The van der Waals surface area contributed by atoms with E-state index in [0.29, 0.717) is 13.1 Å². The van der Waals surface area contributed by atoms with E-state index < -0.39 is 11.2 Å². The Morgan fingerprint density at radius 3 is 2.44 bits per heavy atom. The van der Waals surface area contributed by atoms with E-state index >= 15 is 0 Å². The Balaban J connectivity index is 1.83. The van der Waals surface area contributed by atoms with E-state index in [9.17, 15) is 9.90 Å². The van der Waals surface area contributed by atoms with Crippen molar-refractivity contribution in [3.63, 3.8) is 0 Å². The minimum absolute atomic E-state index is 0.0609. The van der Waals surface area contributed by atoms with Crippen LogP contribution in [0.15, 0.2) is 18.2 Å². The van der Waals surface area contributed by atoms with Crippen LogP contribution in [0.2, 0.25) is 0 Å². The van der Waals surface area contributed by atoms with E-state index in [4.69, 9.17) is 4.74 Å². The van der Waals surface area contributed by atoms with E-state index in [2.05, 4.69) is 32.0 Å². The molecule has 0 saturated carbocycles. The largest absolute Gasteiger partial charge is 0.444 e. The zero-order chi connectivity index (χ0) is 20.0. The first-order valence-corrected chi connectivity index (χ1v) is 10.3. The molecule has 1 heterocycles. The van der Waals surface area contributed by atoms with E-state index in [1.165, 1.54) is 16.7 Å². The SMILES string of the molecule is CCC(C)(O)C1CC2(CCN(C(=O)OC(C)(C)C)CC2)c2ccc(C)cc21. The second-order valence-electron chi connectivity index (χ2n) is 9.81. The number of aryl methyl sites for hydroxylation is 1. The Hall–Kier alpha value is -1.55. The summed E-state index contributed by atoms with van der Waals surface area (Å²) in [4.78, 5) is 14.3. The van der Waals surface area contributed by atoms with E-state index in [1.54, 1.807) is 0 Å². The molecule has 2 unspecified atom stereocenters. The number of hydrogen-bond acceptors (Lipinski definition) is 3. The summed E-state index contributed by atoms with van der Waals surface area (Å²) in [5.74, 6) is 0.158. The van der Waals surface area contributed by atoms with Crippen molar-refractivity contribution in [1.82, 2.24) is 4.90 Å². The number of benzene rings is 1. The molecule has 1 aliphatic carbocycles. The van der Waals surface area contributed by atoms with Crippen molar-refractivity contribution in [3.05, 3.63) is 34.9 Å². The molecule has 1 N–H and O–H groups in total. The number of nitrogens with zero attached hydrogens (tertiary/aromatic N) is 1. The van der Waals surface area contributed by atoms with Gasteiger partial charge >= 0.3 is 6.09 Å². The van der Waals surface area contributed by atoms with Crippen LogP contribution in [0.25, 0.3) is 0 Å². The summed E-state index contributed by atoms with van der Waals surface area (Å²) in [7, 11) is 0. The fourth-order valence-corrected chi connectivity index (χ4v) is 4.78. The molecular weight excluding hydrogens is 338 g/mol. The number of piperidine rings is 1. The molecular formula is C23H35NO3. The maximum atomic E-state index is 12.4. The van der Waals surface area contributed by atoms with Gasteiger partial charge in [-0.25, -0.2) is 4.79 Å². The first-order chi connectivity index (χ1) is 12.5. The molecule has 4 heteroatoms. The molecule has 0 aromatic heterocycles. The van der Waals surface area contributed by atoms with Gasteiger partial charge in [0.2, 0.25) is 0 Å². The van der Waals surface area contributed by atoms with Gasteiger partial charge in [0, 0.05) is 19.0 Å². The second kappa shape index (κ2) is 6.80. The highest BCUT2D eigenvalue weighted by Crippen LogP contribution is 2.55. The van der Waals surface area contributed by atoms with Crippen molar-refractivity contribution in [2.45, 2.75) is 89.8 Å². The van der Waals surface area contributed by atoms with Gasteiger partial charge in [-0.15, -0.1) is 0 Å². The molecule has 2 aliphatic rings. The highest BCUT2D eigenvalue weighted by molar-refractivity contribution is 5.68. The molecule has 1 aromatic carbocycles. The number of rotatable bonds is 2.